The number of hydrogen-bond donors (Lipinski definition) is 0. The molecule has 1 unspecified atom stereocenters. The highest BCUT2D eigenvalue weighted by Gasteiger charge is 2.25. The topological polar surface area (TPSA) is 52.4 Å². The van der Waals surface area contributed by atoms with Gasteiger partial charge in [-0.3, -0.25) is 4.90 Å². The molecule has 0 radical (unpaired) electrons. The number of aromatic nitrogens is 3. The van der Waals surface area contributed by atoms with Crippen molar-refractivity contribution in [3.63, 3.8) is 0 Å². The zero-order chi connectivity index (χ0) is 21.2. The van der Waals surface area contributed by atoms with Gasteiger partial charge in [0.25, 0.3) is 0 Å². The summed E-state index contributed by atoms with van der Waals surface area (Å²) in [6, 6.07) is 9.99. The van der Waals surface area contributed by atoms with Crippen LogP contribution in [0.3, 0.4) is 0 Å². The van der Waals surface area contributed by atoms with Crippen LogP contribution in [0.25, 0.3) is 11.2 Å². The fourth-order valence-electron chi connectivity index (χ4n) is 4.74. The van der Waals surface area contributed by atoms with Crippen LogP contribution in [-0.2, 0) is 18.3 Å². The van der Waals surface area contributed by atoms with Crippen molar-refractivity contribution in [2.75, 3.05) is 26.3 Å². The average molecular weight is 441 g/mol. The molecule has 31 heavy (non-hydrogen) atoms. The molecule has 3 aromatic rings. The maximum atomic E-state index is 6.35. The third kappa shape index (κ3) is 4.56. The van der Waals surface area contributed by atoms with Gasteiger partial charge < -0.3 is 14.0 Å². The Morgan fingerprint density at radius 1 is 1.19 bits per heavy atom. The molecule has 2 aliphatic rings. The molecule has 0 aliphatic carbocycles. The summed E-state index contributed by atoms with van der Waals surface area (Å²) in [5.74, 6) is 2.48. The summed E-state index contributed by atoms with van der Waals surface area (Å²) in [4.78, 5) is 11.7. The fourth-order valence-corrected chi connectivity index (χ4v) is 4.92. The van der Waals surface area contributed by atoms with Crippen LogP contribution in [0.1, 0.15) is 43.0 Å². The summed E-state index contributed by atoms with van der Waals surface area (Å²) in [7, 11) is 2.05. The average Bonchev–Trinajstić information content (AvgIpc) is 3.42. The molecule has 0 bridgehead atoms. The summed E-state index contributed by atoms with van der Waals surface area (Å²) < 4.78 is 14.0. The number of imidazole rings is 1. The van der Waals surface area contributed by atoms with Crippen molar-refractivity contribution in [3.8, 4) is 5.75 Å². The molecular weight excluding hydrogens is 412 g/mol. The van der Waals surface area contributed by atoms with Gasteiger partial charge in [0.05, 0.1) is 12.6 Å². The van der Waals surface area contributed by atoms with E-state index in [1.165, 1.54) is 5.56 Å². The van der Waals surface area contributed by atoms with E-state index in [4.69, 9.17) is 26.1 Å². The number of likely N-dealkylation sites (tertiary alicyclic amines) is 1. The van der Waals surface area contributed by atoms with Crippen molar-refractivity contribution >= 4 is 22.8 Å². The van der Waals surface area contributed by atoms with Gasteiger partial charge in [-0.15, -0.1) is 0 Å². The first-order valence-corrected chi connectivity index (χ1v) is 11.6. The molecule has 0 N–H and O–H groups in total. The second-order valence-electron chi connectivity index (χ2n) is 8.61. The maximum Gasteiger partial charge on any atom is 0.159 e. The highest BCUT2D eigenvalue weighted by atomic mass is 35.5. The van der Waals surface area contributed by atoms with Crippen molar-refractivity contribution in [2.45, 2.75) is 44.2 Å². The lowest BCUT2D eigenvalue weighted by Crippen LogP contribution is -2.33. The molecule has 2 aromatic heterocycles. The zero-order valence-electron chi connectivity index (χ0n) is 18.0. The molecule has 5 rings (SSSR count). The number of aryl methyl sites for hydroxylation is 1. The molecule has 2 aliphatic heterocycles. The first-order valence-electron chi connectivity index (χ1n) is 11.2. The Morgan fingerprint density at radius 2 is 2.06 bits per heavy atom. The van der Waals surface area contributed by atoms with Gasteiger partial charge in [0.2, 0.25) is 0 Å². The van der Waals surface area contributed by atoms with Crippen LogP contribution in [0.2, 0.25) is 5.02 Å². The van der Waals surface area contributed by atoms with Gasteiger partial charge in [-0.25, -0.2) is 9.97 Å². The Balaban J connectivity index is 1.23. The SMILES string of the molecule is Cn1c(CN2CCC(c3cc(Cl)ccc3OCC3CCCO3)CC2)nc2cccnc21. The minimum atomic E-state index is 0.216. The van der Waals surface area contributed by atoms with Gasteiger partial charge in [0, 0.05) is 24.9 Å². The van der Waals surface area contributed by atoms with Gasteiger partial charge in [0.15, 0.2) is 5.65 Å². The smallest absolute Gasteiger partial charge is 0.159 e. The Hall–Kier alpha value is -2.15. The van der Waals surface area contributed by atoms with Crippen molar-refractivity contribution in [2.24, 2.45) is 7.05 Å². The Morgan fingerprint density at radius 3 is 2.84 bits per heavy atom. The van der Waals surface area contributed by atoms with Crippen LogP contribution in [0.5, 0.6) is 5.75 Å². The number of nitrogens with zero attached hydrogens (tertiary/aromatic N) is 4. The fraction of sp³-hybridized carbons (Fsp3) is 0.500. The molecule has 1 aromatic carbocycles. The second-order valence-corrected chi connectivity index (χ2v) is 9.05. The van der Waals surface area contributed by atoms with Crippen molar-refractivity contribution in [1.82, 2.24) is 19.4 Å². The monoisotopic (exact) mass is 440 g/mol. The normalized spacial score (nSPS) is 20.5. The number of halogens is 1. The van der Waals surface area contributed by atoms with Crippen LogP contribution in [0.15, 0.2) is 36.5 Å². The lowest BCUT2D eigenvalue weighted by molar-refractivity contribution is 0.0672. The van der Waals surface area contributed by atoms with E-state index in [0.29, 0.717) is 12.5 Å². The van der Waals surface area contributed by atoms with E-state index in [0.717, 1.165) is 79.7 Å². The number of rotatable bonds is 6. The third-order valence-corrected chi connectivity index (χ3v) is 6.77. The molecule has 164 valence electrons. The summed E-state index contributed by atoms with van der Waals surface area (Å²) in [6.07, 6.45) is 6.41. The summed E-state index contributed by atoms with van der Waals surface area (Å²) in [5.41, 5.74) is 3.14. The molecule has 0 saturated carbocycles. The lowest BCUT2D eigenvalue weighted by atomic mass is 9.88. The van der Waals surface area contributed by atoms with E-state index in [2.05, 4.69) is 20.5 Å². The number of ether oxygens (including phenoxy) is 2. The standard InChI is InChI=1S/C24H29ClN4O2/c1-28-23(27-21-5-2-10-26-24(21)28)15-29-11-8-17(9-12-29)20-14-18(25)6-7-22(20)31-16-19-4-3-13-30-19/h2,5-7,10,14,17,19H,3-4,8-9,11-13,15-16H2,1H3. The molecule has 6 nitrogen and oxygen atoms in total. The van der Waals surface area contributed by atoms with E-state index >= 15 is 0 Å². The van der Waals surface area contributed by atoms with Crippen LogP contribution in [0.4, 0.5) is 0 Å². The van der Waals surface area contributed by atoms with Crippen molar-refractivity contribution < 1.29 is 9.47 Å². The number of fused-ring (bicyclic) bond motifs is 1. The van der Waals surface area contributed by atoms with Gasteiger partial charge >= 0.3 is 0 Å². The summed E-state index contributed by atoms with van der Waals surface area (Å²) in [6.45, 7) is 4.37. The van der Waals surface area contributed by atoms with E-state index in [9.17, 15) is 0 Å². The Labute approximate surface area is 188 Å². The van der Waals surface area contributed by atoms with Crippen LogP contribution in [-0.4, -0.2) is 51.8 Å². The van der Waals surface area contributed by atoms with E-state index in [-0.39, 0.29) is 6.10 Å². The minimum Gasteiger partial charge on any atom is -0.491 e. The van der Waals surface area contributed by atoms with Crippen LogP contribution in [0, 0.1) is 0 Å². The molecule has 4 heterocycles. The van der Waals surface area contributed by atoms with Crippen molar-refractivity contribution in [1.29, 1.82) is 0 Å². The number of piperidine rings is 1. The number of hydrogen-bond acceptors (Lipinski definition) is 5. The summed E-state index contributed by atoms with van der Waals surface area (Å²) >= 11 is 6.35. The predicted molar refractivity (Wildman–Crippen MR) is 122 cm³/mol. The minimum absolute atomic E-state index is 0.216. The molecule has 2 fully saturated rings. The molecule has 2 saturated heterocycles. The van der Waals surface area contributed by atoms with Gasteiger partial charge in [-0.05, 0) is 80.6 Å². The molecule has 7 heteroatoms. The van der Waals surface area contributed by atoms with Gasteiger partial charge in [-0.1, -0.05) is 11.6 Å². The second kappa shape index (κ2) is 9.15. The maximum absolute atomic E-state index is 6.35. The third-order valence-electron chi connectivity index (χ3n) is 6.53. The first-order chi connectivity index (χ1) is 15.2. The molecule has 0 spiro atoms. The number of benzene rings is 1. The zero-order valence-corrected chi connectivity index (χ0v) is 18.7. The quantitative estimate of drug-likeness (QED) is 0.562. The predicted octanol–water partition coefficient (Wildman–Crippen LogP) is 4.56. The van der Waals surface area contributed by atoms with Crippen LogP contribution >= 0.6 is 11.6 Å². The highest BCUT2D eigenvalue weighted by molar-refractivity contribution is 6.30. The van der Waals surface area contributed by atoms with E-state index in [1.54, 1.807) is 0 Å². The van der Waals surface area contributed by atoms with Crippen molar-refractivity contribution in [3.05, 3.63) is 52.9 Å². The Bertz CT molecular complexity index is 1040. The molecule has 0 amide bonds. The highest BCUT2D eigenvalue weighted by Crippen LogP contribution is 2.36. The van der Waals surface area contributed by atoms with Crippen LogP contribution < -0.4 is 4.74 Å². The molecule has 1 atom stereocenters. The Kier molecular flexibility index (Phi) is 6.12. The van der Waals surface area contributed by atoms with E-state index in [1.807, 2.05) is 37.5 Å². The lowest BCUT2D eigenvalue weighted by Gasteiger charge is -2.32. The largest absolute Gasteiger partial charge is 0.491 e. The van der Waals surface area contributed by atoms with E-state index < -0.39 is 0 Å². The van der Waals surface area contributed by atoms with Gasteiger partial charge in [-0.2, -0.15) is 0 Å². The van der Waals surface area contributed by atoms with Gasteiger partial charge in [0.1, 0.15) is 23.7 Å². The number of pyridine rings is 1. The summed E-state index contributed by atoms with van der Waals surface area (Å²) in [5, 5.41) is 0.772. The molecular formula is C24H29ClN4O2. The first kappa shape index (κ1) is 20.7.